The van der Waals surface area contributed by atoms with Crippen molar-refractivity contribution in [2.24, 2.45) is 39.7 Å². The maximum absolute atomic E-state index is 6.11. The molecule has 33 heavy (non-hydrogen) atoms. The van der Waals surface area contributed by atoms with Crippen LogP contribution in [0, 0.1) is 34.5 Å². The highest BCUT2D eigenvalue weighted by Crippen LogP contribution is 2.68. The lowest BCUT2D eigenvalue weighted by Crippen LogP contribution is -2.55. The van der Waals surface area contributed by atoms with Crippen molar-refractivity contribution in [1.29, 1.82) is 0 Å². The normalized spacial score (nSPS) is 46.0. The summed E-state index contributed by atoms with van der Waals surface area (Å²) in [6.45, 7) is 11.7. The molecular formula is C30H42N2O. The number of allylic oxidation sites excluding steroid dienone is 1. The van der Waals surface area contributed by atoms with Crippen LogP contribution in [0.3, 0.4) is 0 Å². The number of benzene rings is 1. The van der Waals surface area contributed by atoms with Gasteiger partial charge in [-0.15, -0.1) is 0 Å². The zero-order valence-corrected chi connectivity index (χ0v) is 20.7. The van der Waals surface area contributed by atoms with Gasteiger partial charge in [0.1, 0.15) is 6.10 Å². The molecule has 1 saturated heterocycles. The number of hydrogen-bond acceptors (Lipinski definition) is 3. The number of hydrogen-bond donors (Lipinski definition) is 1. The smallest absolute Gasteiger partial charge is 0.141 e. The van der Waals surface area contributed by atoms with Gasteiger partial charge in [-0.1, -0.05) is 61.5 Å². The first kappa shape index (κ1) is 21.9. The lowest BCUT2D eigenvalue weighted by atomic mass is 9.43. The first-order valence-corrected chi connectivity index (χ1v) is 13.7. The Bertz CT molecular complexity index is 918. The molecule has 0 radical (unpaired) electrons. The Morgan fingerprint density at radius 3 is 2.58 bits per heavy atom. The standard InChI is InChI=1S/C30H42N2O/c1-20-9-11-24-23-10-12-26-28(21-7-5-4-6-8-21)27(32-33-22-15-18-31-19-22)14-17-30(26,3)25(23)13-16-29(20,24)2/h4-8,22-26,28,31H,1,9-19H2,2-3H3/t22?,23?,24?,25?,26?,28?,29-,30-/m1/s1. The van der Waals surface area contributed by atoms with Gasteiger partial charge in [0.2, 0.25) is 0 Å². The summed E-state index contributed by atoms with van der Waals surface area (Å²) in [7, 11) is 0. The highest BCUT2D eigenvalue weighted by Gasteiger charge is 2.60. The highest BCUT2D eigenvalue weighted by atomic mass is 16.6. The zero-order valence-electron chi connectivity index (χ0n) is 20.7. The monoisotopic (exact) mass is 446 g/mol. The van der Waals surface area contributed by atoms with Crippen LogP contribution in [0.4, 0.5) is 0 Å². The highest BCUT2D eigenvalue weighted by molar-refractivity contribution is 5.92. The van der Waals surface area contributed by atoms with Gasteiger partial charge in [-0.3, -0.25) is 0 Å². The quantitative estimate of drug-likeness (QED) is 0.413. The minimum atomic E-state index is 0.240. The predicted molar refractivity (Wildman–Crippen MR) is 135 cm³/mol. The SMILES string of the molecule is C=C1CCC2C3CCC4C(c5ccccc5)C(=NOC5CCNC5)CC[C@]4(C)C3CC[C@]12C. The molecule has 178 valence electrons. The summed E-state index contributed by atoms with van der Waals surface area (Å²) in [5.74, 6) is 3.69. The van der Waals surface area contributed by atoms with E-state index in [2.05, 4.69) is 56.1 Å². The fourth-order valence-corrected chi connectivity index (χ4v) is 9.14. The first-order valence-electron chi connectivity index (χ1n) is 13.7. The molecule has 3 heteroatoms. The van der Waals surface area contributed by atoms with E-state index in [9.17, 15) is 0 Å². The molecule has 5 fully saturated rings. The molecule has 1 aromatic carbocycles. The summed E-state index contributed by atoms with van der Waals surface area (Å²) < 4.78 is 0. The number of nitrogens with one attached hydrogen (secondary N) is 1. The fraction of sp³-hybridized carbons (Fsp3) is 0.700. The van der Waals surface area contributed by atoms with Gasteiger partial charge in [0.05, 0.1) is 5.71 Å². The lowest BCUT2D eigenvalue weighted by Gasteiger charge is -2.61. The van der Waals surface area contributed by atoms with Crippen LogP contribution < -0.4 is 5.32 Å². The molecule has 0 aromatic heterocycles. The third-order valence-corrected chi connectivity index (χ3v) is 11.1. The average molecular weight is 447 g/mol. The molecule has 1 aliphatic heterocycles. The molecule has 0 spiro atoms. The van der Waals surface area contributed by atoms with E-state index in [1.54, 1.807) is 5.57 Å². The summed E-state index contributed by atoms with van der Waals surface area (Å²) in [6, 6.07) is 11.3. The maximum atomic E-state index is 6.11. The Kier molecular flexibility index (Phi) is 5.48. The van der Waals surface area contributed by atoms with Crippen LogP contribution in [0.15, 0.2) is 47.6 Å². The summed E-state index contributed by atoms with van der Waals surface area (Å²) >= 11 is 0. The second-order valence-corrected chi connectivity index (χ2v) is 12.4. The van der Waals surface area contributed by atoms with E-state index >= 15 is 0 Å². The van der Waals surface area contributed by atoms with Gasteiger partial charge in [0.15, 0.2) is 0 Å². The molecule has 3 nitrogen and oxygen atoms in total. The summed E-state index contributed by atoms with van der Waals surface area (Å²) in [4.78, 5) is 6.11. The van der Waals surface area contributed by atoms with Crippen LogP contribution in [0.1, 0.15) is 83.1 Å². The van der Waals surface area contributed by atoms with E-state index in [1.807, 2.05) is 0 Å². The topological polar surface area (TPSA) is 33.6 Å². The summed E-state index contributed by atoms with van der Waals surface area (Å²) in [6.07, 6.45) is 11.8. The van der Waals surface area contributed by atoms with Crippen LogP contribution in [-0.4, -0.2) is 24.9 Å². The minimum Gasteiger partial charge on any atom is -0.391 e. The van der Waals surface area contributed by atoms with Gasteiger partial charge in [-0.2, -0.15) is 0 Å². The Morgan fingerprint density at radius 1 is 0.939 bits per heavy atom. The van der Waals surface area contributed by atoms with Crippen molar-refractivity contribution in [1.82, 2.24) is 5.32 Å². The molecule has 0 amide bonds. The molecule has 4 aliphatic carbocycles. The summed E-state index contributed by atoms with van der Waals surface area (Å²) in [5, 5.41) is 8.30. The van der Waals surface area contributed by atoms with Gasteiger partial charge in [-0.05, 0) is 98.0 Å². The van der Waals surface area contributed by atoms with E-state index in [0.29, 0.717) is 22.7 Å². The van der Waals surface area contributed by atoms with Crippen molar-refractivity contribution in [3.63, 3.8) is 0 Å². The molecule has 1 aromatic rings. The fourth-order valence-electron chi connectivity index (χ4n) is 9.14. The van der Waals surface area contributed by atoms with Crippen molar-refractivity contribution in [2.75, 3.05) is 13.1 Å². The van der Waals surface area contributed by atoms with Gasteiger partial charge in [0.25, 0.3) is 0 Å². The van der Waals surface area contributed by atoms with E-state index in [1.165, 1.54) is 56.2 Å². The first-order chi connectivity index (χ1) is 16.0. The van der Waals surface area contributed by atoms with Crippen molar-refractivity contribution >= 4 is 5.71 Å². The molecule has 1 heterocycles. The zero-order chi connectivity index (χ0) is 22.6. The van der Waals surface area contributed by atoms with Crippen LogP contribution in [0.25, 0.3) is 0 Å². The third kappa shape index (κ3) is 3.44. The molecule has 0 bridgehead atoms. The Hall–Kier alpha value is -1.61. The third-order valence-electron chi connectivity index (χ3n) is 11.1. The number of fused-ring (bicyclic) bond motifs is 5. The van der Waals surface area contributed by atoms with Crippen molar-refractivity contribution in [3.05, 3.63) is 48.0 Å². The van der Waals surface area contributed by atoms with Crippen LogP contribution in [0.5, 0.6) is 0 Å². The average Bonchev–Trinajstić information content (AvgIpc) is 3.45. The lowest BCUT2D eigenvalue weighted by molar-refractivity contribution is -0.0909. The number of rotatable bonds is 3. The molecular weight excluding hydrogens is 404 g/mol. The molecule has 6 unspecified atom stereocenters. The van der Waals surface area contributed by atoms with Crippen molar-refractivity contribution in [2.45, 2.75) is 83.7 Å². The van der Waals surface area contributed by atoms with Gasteiger partial charge >= 0.3 is 0 Å². The Labute approximate surface area is 200 Å². The summed E-state index contributed by atoms with van der Waals surface area (Å²) in [5.41, 5.74) is 5.13. The van der Waals surface area contributed by atoms with Gasteiger partial charge < -0.3 is 10.2 Å². The minimum absolute atomic E-state index is 0.240. The van der Waals surface area contributed by atoms with Gasteiger partial charge in [0, 0.05) is 18.9 Å². The van der Waals surface area contributed by atoms with E-state index < -0.39 is 0 Å². The van der Waals surface area contributed by atoms with E-state index in [0.717, 1.165) is 43.7 Å². The largest absolute Gasteiger partial charge is 0.391 e. The Balaban J connectivity index is 1.32. The second kappa shape index (κ2) is 8.26. The Morgan fingerprint density at radius 2 is 1.79 bits per heavy atom. The number of nitrogens with zero attached hydrogens (tertiary/aromatic N) is 1. The molecule has 1 N–H and O–H groups in total. The molecule has 6 rings (SSSR count). The molecule has 5 aliphatic rings. The predicted octanol–water partition coefficient (Wildman–Crippen LogP) is 6.71. The van der Waals surface area contributed by atoms with Gasteiger partial charge in [-0.25, -0.2) is 0 Å². The molecule has 4 saturated carbocycles. The van der Waals surface area contributed by atoms with Crippen LogP contribution in [-0.2, 0) is 4.84 Å². The molecule has 8 atom stereocenters. The van der Waals surface area contributed by atoms with Crippen molar-refractivity contribution < 1.29 is 4.84 Å². The maximum Gasteiger partial charge on any atom is 0.141 e. The van der Waals surface area contributed by atoms with Crippen LogP contribution >= 0.6 is 0 Å². The van der Waals surface area contributed by atoms with E-state index in [4.69, 9.17) is 9.99 Å². The number of oxime groups is 1. The van der Waals surface area contributed by atoms with E-state index in [-0.39, 0.29) is 6.10 Å². The second-order valence-electron chi connectivity index (χ2n) is 12.4. The van der Waals surface area contributed by atoms with Crippen molar-refractivity contribution in [3.8, 4) is 0 Å². The van der Waals surface area contributed by atoms with Crippen LogP contribution in [0.2, 0.25) is 0 Å².